The van der Waals surface area contributed by atoms with Crippen LogP contribution in [0.1, 0.15) is 0 Å². The summed E-state index contributed by atoms with van der Waals surface area (Å²) in [4.78, 5) is 25.8. The third-order valence-electron chi connectivity index (χ3n) is 4.82. The number of amides is 2. The third-order valence-corrected chi connectivity index (χ3v) is 5.81. The summed E-state index contributed by atoms with van der Waals surface area (Å²) in [5.74, 6) is -0.158. The van der Waals surface area contributed by atoms with Crippen LogP contribution in [0, 0.1) is 0 Å². The van der Waals surface area contributed by atoms with E-state index in [0.29, 0.717) is 13.1 Å². The van der Waals surface area contributed by atoms with Crippen molar-refractivity contribution in [2.45, 2.75) is 12.6 Å². The van der Waals surface area contributed by atoms with E-state index in [9.17, 15) is 9.59 Å². The molecule has 3 aromatic rings. The fraction of sp³-hybridized carbons (Fsp3) is 0.200. The lowest BCUT2D eigenvalue weighted by Crippen LogP contribution is -2.61. The molecular weight excluding hydrogens is 474 g/mol. The van der Waals surface area contributed by atoms with Crippen LogP contribution in [0.2, 0.25) is 0 Å². The molecule has 27 heavy (non-hydrogen) atoms. The molecule has 1 saturated heterocycles. The first-order valence-corrected chi connectivity index (χ1v) is 10.1. The first-order valence-electron chi connectivity index (χ1n) is 8.54. The van der Waals surface area contributed by atoms with Crippen LogP contribution in [0.3, 0.4) is 0 Å². The van der Waals surface area contributed by atoms with Gasteiger partial charge in [-0.25, -0.2) is 0 Å². The fourth-order valence-corrected chi connectivity index (χ4v) is 4.24. The first kappa shape index (κ1) is 18.3. The standard InChI is InChI=1S/C20H17Br2N3O2/c1-2-20(27)24-9-14(10-24)23-19(26)11-25-17-5-3-12(21)7-15(17)16-8-13(22)4-6-18(16)25/h2-8,14H,1,9-11H2,(H,23,26). The highest BCUT2D eigenvalue weighted by Gasteiger charge is 2.30. The number of nitrogens with zero attached hydrogens (tertiary/aromatic N) is 2. The number of carbonyl (C=O) groups is 2. The Morgan fingerprint density at radius 2 is 1.63 bits per heavy atom. The predicted molar refractivity (Wildman–Crippen MR) is 114 cm³/mol. The number of nitrogens with one attached hydrogen (secondary N) is 1. The average molecular weight is 491 g/mol. The number of hydrogen-bond acceptors (Lipinski definition) is 2. The number of rotatable bonds is 4. The minimum Gasteiger partial charge on any atom is -0.348 e. The smallest absolute Gasteiger partial charge is 0.246 e. The quantitative estimate of drug-likeness (QED) is 0.565. The topological polar surface area (TPSA) is 54.3 Å². The van der Waals surface area contributed by atoms with Gasteiger partial charge in [-0.15, -0.1) is 0 Å². The van der Waals surface area contributed by atoms with Gasteiger partial charge in [-0.05, 0) is 42.5 Å². The zero-order chi connectivity index (χ0) is 19.1. The van der Waals surface area contributed by atoms with Crippen molar-refractivity contribution in [2.75, 3.05) is 13.1 Å². The second-order valence-electron chi connectivity index (χ2n) is 6.62. The van der Waals surface area contributed by atoms with E-state index in [1.807, 2.05) is 28.8 Å². The summed E-state index contributed by atoms with van der Waals surface area (Å²) in [6.45, 7) is 4.78. The van der Waals surface area contributed by atoms with E-state index in [2.05, 4.69) is 55.9 Å². The average Bonchev–Trinajstić information content (AvgIpc) is 2.89. The van der Waals surface area contributed by atoms with Gasteiger partial charge in [0, 0.05) is 43.8 Å². The zero-order valence-corrected chi connectivity index (χ0v) is 17.6. The second-order valence-corrected chi connectivity index (χ2v) is 8.45. The Labute approximate surface area is 173 Å². The Balaban J connectivity index is 1.59. The van der Waals surface area contributed by atoms with Crippen molar-refractivity contribution in [1.82, 2.24) is 14.8 Å². The molecule has 1 N–H and O–H groups in total. The molecule has 0 saturated carbocycles. The summed E-state index contributed by atoms with van der Waals surface area (Å²) in [5, 5.41) is 5.20. The molecule has 138 valence electrons. The monoisotopic (exact) mass is 489 g/mol. The zero-order valence-electron chi connectivity index (χ0n) is 14.4. The number of likely N-dealkylation sites (tertiary alicyclic amines) is 1. The maximum atomic E-state index is 12.6. The van der Waals surface area contributed by atoms with Crippen molar-refractivity contribution in [1.29, 1.82) is 0 Å². The lowest BCUT2D eigenvalue weighted by molar-refractivity contribution is -0.133. The summed E-state index contributed by atoms with van der Waals surface area (Å²) in [6, 6.07) is 12.2. The Kier molecular flexibility index (Phi) is 4.82. The molecule has 1 aromatic heterocycles. The van der Waals surface area contributed by atoms with Crippen molar-refractivity contribution in [3.63, 3.8) is 0 Å². The Morgan fingerprint density at radius 3 is 2.15 bits per heavy atom. The lowest BCUT2D eigenvalue weighted by Gasteiger charge is -2.38. The largest absolute Gasteiger partial charge is 0.348 e. The van der Waals surface area contributed by atoms with Crippen molar-refractivity contribution in [3.8, 4) is 0 Å². The van der Waals surface area contributed by atoms with Crippen LogP contribution < -0.4 is 5.32 Å². The van der Waals surface area contributed by atoms with Gasteiger partial charge in [-0.3, -0.25) is 9.59 Å². The summed E-state index contributed by atoms with van der Waals surface area (Å²) >= 11 is 7.06. The SMILES string of the molecule is C=CC(=O)N1CC(NC(=O)Cn2c3ccc(Br)cc3c3cc(Br)ccc32)C1. The van der Waals surface area contributed by atoms with Crippen LogP contribution in [0.4, 0.5) is 0 Å². The van der Waals surface area contributed by atoms with Gasteiger partial charge in [-0.1, -0.05) is 38.4 Å². The molecule has 7 heteroatoms. The van der Waals surface area contributed by atoms with Gasteiger partial charge in [0.2, 0.25) is 11.8 Å². The summed E-state index contributed by atoms with van der Waals surface area (Å²) in [5.41, 5.74) is 2.03. The third kappa shape index (κ3) is 3.41. The van der Waals surface area contributed by atoms with Gasteiger partial charge >= 0.3 is 0 Å². The lowest BCUT2D eigenvalue weighted by atomic mass is 10.1. The Hall–Kier alpha value is -2.12. The number of halogens is 2. The molecule has 4 rings (SSSR count). The number of fused-ring (bicyclic) bond motifs is 3. The number of hydrogen-bond donors (Lipinski definition) is 1. The van der Waals surface area contributed by atoms with Crippen molar-refractivity contribution in [3.05, 3.63) is 58.0 Å². The molecule has 0 unspecified atom stereocenters. The minimum absolute atomic E-state index is 0.00206. The molecule has 2 heterocycles. The van der Waals surface area contributed by atoms with Gasteiger partial charge in [-0.2, -0.15) is 0 Å². The Bertz CT molecular complexity index is 1020. The summed E-state index contributed by atoms with van der Waals surface area (Å²) in [6.07, 6.45) is 1.30. The van der Waals surface area contributed by atoms with Crippen molar-refractivity contribution in [2.24, 2.45) is 0 Å². The first-order chi connectivity index (χ1) is 13.0. The van der Waals surface area contributed by atoms with Crippen LogP contribution in [0.5, 0.6) is 0 Å². The molecule has 1 aliphatic rings. The fourth-order valence-electron chi connectivity index (χ4n) is 3.51. The van der Waals surface area contributed by atoms with Crippen LogP contribution in [-0.4, -0.2) is 40.4 Å². The molecule has 0 spiro atoms. The van der Waals surface area contributed by atoms with Crippen LogP contribution in [0.15, 0.2) is 58.0 Å². The van der Waals surface area contributed by atoms with E-state index in [0.717, 1.165) is 30.8 Å². The van der Waals surface area contributed by atoms with E-state index >= 15 is 0 Å². The Morgan fingerprint density at radius 1 is 1.07 bits per heavy atom. The highest BCUT2D eigenvalue weighted by molar-refractivity contribution is 9.10. The van der Waals surface area contributed by atoms with E-state index < -0.39 is 0 Å². The van der Waals surface area contributed by atoms with Gasteiger partial charge in [0.05, 0.1) is 6.04 Å². The van der Waals surface area contributed by atoms with Gasteiger partial charge in [0.1, 0.15) is 6.54 Å². The van der Waals surface area contributed by atoms with E-state index in [-0.39, 0.29) is 24.4 Å². The molecular formula is C20H17Br2N3O2. The molecule has 0 bridgehead atoms. The van der Waals surface area contributed by atoms with Crippen LogP contribution in [-0.2, 0) is 16.1 Å². The normalized spacial score (nSPS) is 14.4. The summed E-state index contributed by atoms with van der Waals surface area (Å²) in [7, 11) is 0. The molecule has 0 radical (unpaired) electrons. The highest BCUT2D eigenvalue weighted by Crippen LogP contribution is 2.33. The maximum Gasteiger partial charge on any atom is 0.246 e. The molecule has 5 nitrogen and oxygen atoms in total. The van der Waals surface area contributed by atoms with E-state index in [4.69, 9.17) is 0 Å². The number of carbonyl (C=O) groups excluding carboxylic acids is 2. The highest BCUT2D eigenvalue weighted by atomic mass is 79.9. The molecule has 0 atom stereocenters. The molecule has 1 fully saturated rings. The van der Waals surface area contributed by atoms with E-state index in [1.54, 1.807) is 4.90 Å². The van der Waals surface area contributed by atoms with Gasteiger partial charge < -0.3 is 14.8 Å². The van der Waals surface area contributed by atoms with Gasteiger partial charge in [0.25, 0.3) is 0 Å². The van der Waals surface area contributed by atoms with Crippen molar-refractivity contribution >= 4 is 65.5 Å². The molecule has 1 aliphatic heterocycles. The minimum atomic E-state index is -0.0981. The number of benzene rings is 2. The predicted octanol–water partition coefficient (Wildman–Crippen LogP) is 3.83. The number of aromatic nitrogens is 1. The van der Waals surface area contributed by atoms with Crippen molar-refractivity contribution < 1.29 is 9.59 Å². The molecule has 2 aromatic carbocycles. The summed E-state index contributed by atoms with van der Waals surface area (Å²) < 4.78 is 4.03. The van der Waals surface area contributed by atoms with Gasteiger partial charge in [0.15, 0.2) is 0 Å². The maximum absolute atomic E-state index is 12.6. The van der Waals surface area contributed by atoms with E-state index in [1.165, 1.54) is 6.08 Å². The van der Waals surface area contributed by atoms with Crippen LogP contribution >= 0.6 is 31.9 Å². The second kappa shape index (κ2) is 7.13. The molecule has 0 aliphatic carbocycles. The van der Waals surface area contributed by atoms with Crippen LogP contribution in [0.25, 0.3) is 21.8 Å². The molecule has 2 amide bonds.